The van der Waals surface area contributed by atoms with Crippen molar-refractivity contribution in [2.75, 3.05) is 19.6 Å². The zero-order valence-electron chi connectivity index (χ0n) is 11.1. The van der Waals surface area contributed by atoms with Gasteiger partial charge in [0.25, 0.3) is 0 Å². The van der Waals surface area contributed by atoms with Gasteiger partial charge in [-0.25, -0.2) is 4.98 Å². The third-order valence-corrected chi connectivity index (χ3v) is 3.26. The maximum absolute atomic E-state index is 12.3. The Morgan fingerprint density at radius 2 is 2.00 bits per heavy atom. The van der Waals surface area contributed by atoms with E-state index in [0.29, 0.717) is 38.4 Å². The number of piperidine rings is 1. The van der Waals surface area contributed by atoms with Crippen LogP contribution in [0.1, 0.15) is 18.4 Å². The van der Waals surface area contributed by atoms with Crippen LogP contribution in [-0.2, 0) is 6.54 Å². The average Bonchev–Trinajstić information content (AvgIpc) is 2.40. The second-order valence-corrected chi connectivity index (χ2v) is 4.92. The molecule has 0 spiro atoms. The molecule has 4 nitrogen and oxygen atoms in total. The first kappa shape index (κ1) is 15.1. The number of nitrogens with two attached hydrogens (primary N) is 1. The number of likely N-dealkylation sites (tertiary alicyclic amines) is 1. The molecule has 0 aromatic carbocycles. The highest BCUT2D eigenvalue weighted by atomic mass is 19.4. The fourth-order valence-corrected chi connectivity index (χ4v) is 2.21. The molecule has 2 rings (SSSR count). The van der Waals surface area contributed by atoms with Gasteiger partial charge in [0, 0.05) is 31.9 Å². The van der Waals surface area contributed by atoms with Gasteiger partial charge in [0.05, 0.1) is 6.54 Å². The maximum Gasteiger partial charge on any atom is 0.401 e. The summed E-state index contributed by atoms with van der Waals surface area (Å²) >= 11 is 0. The van der Waals surface area contributed by atoms with Gasteiger partial charge in [-0.1, -0.05) is 6.07 Å². The summed E-state index contributed by atoms with van der Waals surface area (Å²) in [6, 6.07) is 3.57. The number of hydrogen-bond acceptors (Lipinski definition) is 4. The molecular weight excluding hydrogens is 271 g/mol. The van der Waals surface area contributed by atoms with Gasteiger partial charge in [0.2, 0.25) is 5.88 Å². The summed E-state index contributed by atoms with van der Waals surface area (Å²) in [6.45, 7) is 0.363. The van der Waals surface area contributed by atoms with Crippen LogP contribution in [0.3, 0.4) is 0 Å². The summed E-state index contributed by atoms with van der Waals surface area (Å²) in [5, 5.41) is 0. The molecule has 2 N–H and O–H groups in total. The van der Waals surface area contributed by atoms with Gasteiger partial charge in [0.15, 0.2) is 0 Å². The highest BCUT2D eigenvalue weighted by Gasteiger charge is 2.32. The molecular formula is C13H18F3N3O. The van der Waals surface area contributed by atoms with Crippen molar-refractivity contribution in [2.45, 2.75) is 31.7 Å². The first-order valence-electron chi connectivity index (χ1n) is 6.57. The Morgan fingerprint density at radius 1 is 1.30 bits per heavy atom. The summed E-state index contributed by atoms with van der Waals surface area (Å²) in [5.74, 6) is 0.497. The van der Waals surface area contributed by atoms with E-state index in [1.54, 1.807) is 12.3 Å². The number of alkyl halides is 3. The van der Waals surface area contributed by atoms with Crippen LogP contribution in [0.25, 0.3) is 0 Å². The second kappa shape index (κ2) is 6.41. The third kappa shape index (κ3) is 4.64. The molecule has 112 valence electrons. The third-order valence-electron chi connectivity index (χ3n) is 3.26. The van der Waals surface area contributed by atoms with Crippen LogP contribution in [0.2, 0.25) is 0 Å². The van der Waals surface area contributed by atoms with E-state index in [9.17, 15) is 13.2 Å². The van der Waals surface area contributed by atoms with Crippen LogP contribution in [0.4, 0.5) is 13.2 Å². The minimum absolute atomic E-state index is 0.0734. The molecule has 1 aliphatic rings. The lowest BCUT2D eigenvalue weighted by Gasteiger charge is -2.32. The number of ether oxygens (including phenoxy) is 1. The van der Waals surface area contributed by atoms with E-state index in [1.165, 1.54) is 4.90 Å². The van der Waals surface area contributed by atoms with Gasteiger partial charge < -0.3 is 10.5 Å². The van der Waals surface area contributed by atoms with Crippen molar-refractivity contribution in [3.05, 3.63) is 23.9 Å². The molecule has 0 aliphatic carbocycles. The molecule has 0 atom stereocenters. The Balaban J connectivity index is 1.79. The molecule has 20 heavy (non-hydrogen) atoms. The van der Waals surface area contributed by atoms with E-state index in [2.05, 4.69) is 4.98 Å². The fraction of sp³-hybridized carbons (Fsp3) is 0.615. The quantitative estimate of drug-likeness (QED) is 0.920. The molecule has 1 aliphatic heterocycles. The summed E-state index contributed by atoms with van der Waals surface area (Å²) < 4.78 is 42.5. The van der Waals surface area contributed by atoms with Crippen LogP contribution in [0.15, 0.2) is 18.3 Å². The molecule has 0 saturated carbocycles. The maximum atomic E-state index is 12.3. The Morgan fingerprint density at radius 3 is 2.50 bits per heavy atom. The number of pyridine rings is 1. The molecule has 7 heteroatoms. The van der Waals surface area contributed by atoms with Crippen LogP contribution in [-0.4, -0.2) is 41.8 Å². The lowest BCUT2D eigenvalue weighted by Crippen LogP contribution is -2.42. The van der Waals surface area contributed by atoms with Crippen LogP contribution >= 0.6 is 0 Å². The summed E-state index contributed by atoms with van der Waals surface area (Å²) in [7, 11) is 0. The molecule has 1 aromatic heterocycles. The molecule has 0 unspecified atom stereocenters. The summed E-state index contributed by atoms with van der Waals surface area (Å²) in [6.07, 6.45) is -1.40. The topological polar surface area (TPSA) is 51.4 Å². The predicted molar refractivity (Wildman–Crippen MR) is 68.3 cm³/mol. The number of rotatable bonds is 4. The van der Waals surface area contributed by atoms with Crippen LogP contribution in [0, 0.1) is 0 Å². The second-order valence-electron chi connectivity index (χ2n) is 4.92. The SMILES string of the molecule is NCc1ccc(OC2CCN(CC(F)(F)F)CC2)nc1. The Hall–Kier alpha value is -1.34. The van der Waals surface area contributed by atoms with Crippen LogP contribution < -0.4 is 10.5 Å². The smallest absolute Gasteiger partial charge is 0.401 e. The lowest BCUT2D eigenvalue weighted by atomic mass is 10.1. The standard InChI is InChI=1S/C13H18F3N3O/c14-13(15,16)9-19-5-3-11(4-6-19)20-12-2-1-10(7-17)8-18-12/h1-2,8,11H,3-7,9,17H2. The zero-order valence-corrected chi connectivity index (χ0v) is 11.1. The average molecular weight is 289 g/mol. The molecule has 0 bridgehead atoms. The summed E-state index contributed by atoms with van der Waals surface area (Å²) in [5.41, 5.74) is 6.39. The van der Waals surface area contributed by atoms with Gasteiger partial charge in [-0.3, -0.25) is 4.90 Å². The van der Waals surface area contributed by atoms with Crippen molar-refractivity contribution in [3.8, 4) is 5.88 Å². The van der Waals surface area contributed by atoms with Crippen molar-refractivity contribution >= 4 is 0 Å². The van der Waals surface area contributed by atoms with Crippen molar-refractivity contribution < 1.29 is 17.9 Å². The van der Waals surface area contributed by atoms with Crippen molar-refractivity contribution in [3.63, 3.8) is 0 Å². The molecule has 1 fully saturated rings. The minimum Gasteiger partial charge on any atom is -0.474 e. The molecule has 0 radical (unpaired) electrons. The minimum atomic E-state index is -4.13. The van der Waals surface area contributed by atoms with E-state index in [1.807, 2.05) is 6.07 Å². The normalized spacial score (nSPS) is 18.2. The predicted octanol–water partition coefficient (Wildman–Crippen LogP) is 1.95. The van der Waals surface area contributed by atoms with E-state index in [4.69, 9.17) is 10.5 Å². The van der Waals surface area contributed by atoms with Crippen LogP contribution in [0.5, 0.6) is 5.88 Å². The van der Waals surface area contributed by atoms with Gasteiger partial charge in [-0.05, 0) is 18.4 Å². The Kier molecular flexibility index (Phi) is 4.82. The van der Waals surface area contributed by atoms with Gasteiger partial charge >= 0.3 is 6.18 Å². The molecule has 1 saturated heterocycles. The molecule has 0 amide bonds. The van der Waals surface area contributed by atoms with Gasteiger partial charge in [0.1, 0.15) is 6.10 Å². The van der Waals surface area contributed by atoms with Crippen molar-refractivity contribution in [1.29, 1.82) is 0 Å². The molecule has 2 heterocycles. The van der Waals surface area contributed by atoms with E-state index >= 15 is 0 Å². The summed E-state index contributed by atoms with van der Waals surface area (Å²) in [4.78, 5) is 5.53. The number of hydrogen-bond donors (Lipinski definition) is 1. The lowest BCUT2D eigenvalue weighted by molar-refractivity contribution is -0.149. The van der Waals surface area contributed by atoms with Gasteiger partial charge in [-0.2, -0.15) is 13.2 Å². The monoisotopic (exact) mass is 289 g/mol. The van der Waals surface area contributed by atoms with Gasteiger partial charge in [-0.15, -0.1) is 0 Å². The zero-order chi connectivity index (χ0) is 14.6. The first-order chi connectivity index (χ1) is 9.46. The fourth-order valence-electron chi connectivity index (χ4n) is 2.21. The van der Waals surface area contributed by atoms with E-state index in [0.717, 1.165) is 5.56 Å². The highest BCUT2D eigenvalue weighted by molar-refractivity contribution is 5.17. The number of aromatic nitrogens is 1. The largest absolute Gasteiger partial charge is 0.474 e. The number of nitrogens with zero attached hydrogens (tertiary/aromatic N) is 2. The number of halogens is 3. The Labute approximate surface area is 115 Å². The van der Waals surface area contributed by atoms with E-state index < -0.39 is 12.7 Å². The van der Waals surface area contributed by atoms with E-state index in [-0.39, 0.29) is 6.10 Å². The highest BCUT2D eigenvalue weighted by Crippen LogP contribution is 2.21. The Bertz CT molecular complexity index is 414. The van der Waals surface area contributed by atoms with Crippen molar-refractivity contribution in [1.82, 2.24) is 9.88 Å². The van der Waals surface area contributed by atoms with Crippen molar-refractivity contribution in [2.24, 2.45) is 5.73 Å². The molecule has 1 aromatic rings. The first-order valence-corrected chi connectivity index (χ1v) is 6.57.